The highest BCUT2D eigenvalue weighted by Gasteiger charge is 2.31. The molecule has 0 radical (unpaired) electrons. The number of ether oxygens (including phenoxy) is 1. The molecule has 1 aliphatic carbocycles. The van der Waals surface area contributed by atoms with Gasteiger partial charge >= 0.3 is 0 Å². The summed E-state index contributed by atoms with van der Waals surface area (Å²) in [6.07, 6.45) is 10.8. The largest absolute Gasteiger partial charge is 0.474 e. The molecule has 0 unspecified atom stereocenters. The minimum atomic E-state index is 0.337. The summed E-state index contributed by atoms with van der Waals surface area (Å²) in [5, 5.41) is 3.55. The van der Waals surface area contributed by atoms with Crippen LogP contribution in [0.15, 0.2) is 18.3 Å². The van der Waals surface area contributed by atoms with Crippen molar-refractivity contribution in [2.45, 2.75) is 83.9 Å². The normalized spacial score (nSPS) is 21.3. The van der Waals surface area contributed by atoms with Crippen molar-refractivity contribution >= 4 is 0 Å². The van der Waals surface area contributed by atoms with E-state index in [0.717, 1.165) is 25.1 Å². The molecular formula is C18H30N2O. The summed E-state index contributed by atoms with van der Waals surface area (Å²) >= 11 is 0. The van der Waals surface area contributed by atoms with E-state index in [1.165, 1.54) is 31.2 Å². The smallest absolute Gasteiger partial charge is 0.213 e. The van der Waals surface area contributed by atoms with E-state index in [9.17, 15) is 0 Å². The summed E-state index contributed by atoms with van der Waals surface area (Å²) in [7, 11) is 0. The first-order chi connectivity index (χ1) is 10.2. The molecule has 3 heteroatoms. The van der Waals surface area contributed by atoms with Crippen molar-refractivity contribution in [2.24, 2.45) is 0 Å². The van der Waals surface area contributed by atoms with Gasteiger partial charge in [-0.1, -0.05) is 40.0 Å². The number of rotatable bonds is 9. The number of unbranched alkanes of at least 4 members (excludes halogenated alkanes) is 3. The first kappa shape index (κ1) is 16.3. The van der Waals surface area contributed by atoms with Crippen LogP contribution in [-0.4, -0.2) is 23.2 Å². The average Bonchev–Trinajstić information content (AvgIpc) is 2.41. The molecule has 21 heavy (non-hydrogen) atoms. The van der Waals surface area contributed by atoms with Crippen LogP contribution in [-0.2, 0) is 6.42 Å². The lowest BCUT2D eigenvalue weighted by Crippen LogP contribution is -2.49. The van der Waals surface area contributed by atoms with Gasteiger partial charge in [-0.2, -0.15) is 0 Å². The molecule has 1 fully saturated rings. The van der Waals surface area contributed by atoms with Crippen LogP contribution in [0.3, 0.4) is 0 Å². The lowest BCUT2D eigenvalue weighted by Gasteiger charge is -2.36. The molecule has 2 rings (SSSR count). The van der Waals surface area contributed by atoms with Gasteiger partial charge in [0.1, 0.15) is 6.10 Å². The van der Waals surface area contributed by atoms with E-state index in [1.54, 1.807) is 0 Å². The van der Waals surface area contributed by atoms with E-state index in [4.69, 9.17) is 4.74 Å². The van der Waals surface area contributed by atoms with Crippen molar-refractivity contribution in [1.82, 2.24) is 10.3 Å². The molecule has 1 aromatic rings. The molecule has 1 saturated carbocycles. The number of nitrogens with one attached hydrogen (secondary N) is 1. The summed E-state index contributed by atoms with van der Waals surface area (Å²) < 4.78 is 5.98. The Labute approximate surface area is 129 Å². The standard InChI is InChI=1S/C18H30N2O/c1-4-5-6-7-8-15-9-10-19-18(11-15)21-17-12-16(13-17)20-14(2)3/h9-11,14,16-17,20H,4-8,12-13H2,1-3H3/t16-,17+. The van der Waals surface area contributed by atoms with Gasteiger partial charge in [0, 0.05) is 24.3 Å². The molecule has 1 aromatic heterocycles. The van der Waals surface area contributed by atoms with Gasteiger partial charge < -0.3 is 10.1 Å². The lowest BCUT2D eigenvalue weighted by molar-refractivity contribution is 0.0771. The second-order valence-electron chi connectivity index (χ2n) is 6.54. The number of pyridine rings is 1. The van der Waals surface area contributed by atoms with E-state index < -0.39 is 0 Å². The number of hydrogen-bond donors (Lipinski definition) is 1. The fourth-order valence-electron chi connectivity index (χ4n) is 2.87. The Hall–Kier alpha value is -1.09. The van der Waals surface area contributed by atoms with Crippen molar-refractivity contribution < 1.29 is 4.74 Å². The molecule has 0 saturated heterocycles. The van der Waals surface area contributed by atoms with E-state index in [0.29, 0.717) is 18.2 Å². The van der Waals surface area contributed by atoms with Crippen LogP contribution in [0.2, 0.25) is 0 Å². The maximum absolute atomic E-state index is 5.98. The Bertz CT molecular complexity index is 413. The van der Waals surface area contributed by atoms with Crippen LogP contribution < -0.4 is 10.1 Å². The topological polar surface area (TPSA) is 34.1 Å². The zero-order chi connectivity index (χ0) is 15.1. The lowest BCUT2D eigenvalue weighted by atomic mass is 9.89. The number of nitrogens with zero attached hydrogens (tertiary/aromatic N) is 1. The van der Waals surface area contributed by atoms with Crippen LogP contribution in [0.4, 0.5) is 0 Å². The van der Waals surface area contributed by atoms with Crippen molar-refractivity contribution in [1.29, 1.82) is 0 Å². The molecule has 1 aliphatic rings. The summed E-state index contributed by atoms with van der Waals surface area (Å²) in [5.74, 6) is 0.802. The maximum atomic E-state index is 5.98. The average molecular weight is 290 g/mol. The van der Waals surface area contributed by atoms with Gasteiger partial charge in [0.2, 0.25) is 5.88 Å². The maximum Gasteiger partial charge on any atom is 0.213 e. The van der Waals surface area contributed by atoms with Gasteiger partial charge in [0.05, 0.1) is 0 Å². The Balaban J connectivity index is 1.72. The monoisotopic (exact) mass is 290 g/mol. The number of aromatic nitrogens is 1. The Morgan fingerprint density at radius 3 is 2.81 bits per heavy atom. The summed E-state index contributed by atoms with van der Waals surface area (Å²) in [4.78, 5) is 4.35. The molecule has 1 N–H and O–H groups in total. The van der Waals surface area contributed by atoms with Crippen LogP contribution in [0.5, 0.6) is 5.88 Å². The van der Waals surface area contributed by atoms with Crippen LogP contribution in [0.1, 0.15) is 64.9 Å². The molecule has 0 aromatic carbocycles. The Morgan fingerprint density at radius 1 is 1.29 bits per heavy atom. The molecule has 0 spiro atoms. The SMILES string of the molecule is CCCCCCc1ccnc(O[C@H]2C[C@@H](NC(C)C)C2)c1. The Morgan fingerprint density at radius 2 is 2.10 bits per heavy atom. The Kier molecular flexibility index (Phi) is 6.50. The van der Waals surface area contributed by atoms with Gasteiger partial charge in [-0.05, 0) is 37.3 Å². The van der Waals surface area contributed by atoms with Crippen LogP contribution in [0.25, 0.3) is 0 Å². The van der Waals surface area contributed by atoms with E-state index >= 15 is 0 Å². The first-order valence-electron chi connectivity index (χ1n) is 8.55. The van der Waals surface area contributed by atoms with Gasteiger partial charge in [-0.15, -0.1) is 0 Å². The van der Waals surface area contributed by atoms with Crippen molar-refractivity contribution in [3.63, 3.8) is 0 Å². The predicted molar refractivity (Wildman–Crippen MR) is 87.8 cm³/mol. The highest BCUT2D eigenvalue weighted by molar-refractivity contribution is 5.21. The minimum absolute atomic E-state index is 0.337. The first-order valence-corrected chi connectivity index (χ1v) is 8.55. The van der Waals surface area contributed by atoms with Gasteiger partial charge in [0.15, 0.2) is 0 Å². The van der Waals surface area contributed by atoms with Crippen LogP contribution >= 0.6 is 0 Å². The van der Waals surface area contributed by atoms with E-state index in [-0.39, 0.29) is 0 Å². The van der Waals surface area contributed by atoms with Crippen LogP contribution in [0, 0.1) is 0 Å². The number of aryl methyl sites for hydroxylation is 1. The van der Waals surface area contributed by atoms with E-state index in [1.807, 2.05) is 6.20 Å². The number of hydrogen-bond acceptors (Lipinski definition) is 3. The molecule has 0 bridgehead atoms. The third-order valence-electron chi connectivity index (χ3n) is 4.07. The summed E-state index contributed by atoms with van der Waals surface area (Å²) in [6, 6.07) is 5.41. The second-order valence-corrected chi connectivity index (χ2v) is 6.54. The molecule has 0 amide bonds. The molecular weight excluding hydrogens is 260 g/mol. The fraction of sp³-hybridized carbons (Fsp3) is 0.722. The molecule has 0 atom stereocenters. The zero-order valence-electron chi connectivity index (χ0n) is 13.8. The third kappa shape index (κ3) is 5.66. The second kappa shape index (κ2) is 8.38. The summed E-state index contributed by atoms with van der Waals surface area (Å²) in [6.45, 7) is 6.63. The molecule has 0 aliphatic heterocycles. The molecule has 3 nitrogen and oxygen atoms in total. The molecule has 1 heterocycles. The van der Waals surface area contributed by atoms with Gasteiger partial charge in [-0.25, -0.2) is 4.98 Å². The van der Waals surface area contributed by atoms with Gasteiger partial charge in [-0.3, -0.25) is 0 Å². The van der Waals surface area contributed by atoms with Crippen molar-refractivity contribution in [3.8, 4) is 5.88 Å². The summed E-state index contributed by atoms with van der Waals surface area (Å²) in [5.41, 5.74) is 1.35. The fourth-order valence-corrected chi connectivity index (χ4v) is 2.87. The van der Waals surface area contributed by atoms with Crippen molar-refractivity contribution in [2.75, 3.05) is 0 Å². The minimum Gasteiger partial charge on any atom is -0.474 e. The predicted octanol–water partition coefficient (Wildman–Crippen LogP) is 4.11. The molecule has 118 valence electrons. The quantitative estimate of drug-likeness (QED) is 0.695. The highest BCUT2D eigenvalue weighted by atomic mass is 16.5. The highest BCUT2D eigenvalue weighted by Crippen LogP contribution is 2.26. The zero-order valence-corrected chi connectivity index (χ0v) is 13.8. The third-order valence-corrected chi connectivity index (χ3v) is 4.07. The van der Waals surface area contributed by atoms with E-state index in [2.05, 4.69) is 43.2 Å². The van der Waals surface area contributed by atoms with Gasteiger partial charge in [0.25, 0.3) is 0 Å². The van der Waals surface area contributed by atoms with Crippen molar-refractivity contribution in [3.05, 3.63) is 23.9 Å².